The average Bonchev–Trinajstić information content (AvgIpc) is 2.76. The van der Waals surface area contributed by atoms with Crippen molar-refractivity contribution in [2.24, 2.45) is 16.7 Å². The lowest BCUT2D eigenvalue weighted by Crippen LogP contribution is -2.46. The van der Waals surface area contributed by atoms with Crippen molar-refractivity contribution in [1.29, 1.82) is 0 Å². The van der Waals surface area contributed by atoms with Gasteiger partial charge in [0.1, 0.15) is 0 Å². The summed E-state index contributed by atoms with van der Waals surface area (Å²) in [6, 6.07) is 9.77. The number of hydrogen-bond donors (Lipinski definition) is 0. The van der Waals surface area contributed by atoms with Crippen molar-refractivity contribution in [3.63, 3.8) is 0 Å². The summed E-state index contributed by atoms with van der Waals surface area (Å²) in [6.45, 7) is 4.69. The fraction of sp³-hybridized carbons (Fsp3) is 0.786. The van der Waals surface area contributed by atoms with Gasteiger partial charge in [-0.2, -0.15) is 0 Å². The van der Waals surface area contributed by atoms with Gasteiger partial charge in [0.25, 0.3) is 0 Å². The molecular formula is C28H44. The molecule has 0 unspecified atom stereocenters. The lowest BCUT2D eigenvalue weighted by Gasteiger charge is -2.58. The first-order valence-corrected chi connectivity index (χ1v) is 12.8. The second-order valence-electron chi connectivity index (χ2n) is 10.9. The zero-order valence-electron chi connectivity index (χ0n) is 18.8. The summed E-state index contributed by atoms with van der Waals surface area (Å²) in [5, 5.41) is 0. The largest absolute Gasteiger partial charge is 0.0654 e. The lowest BCUT2D eigenvalue weighted by molar-refractivity contribution is -0.0624. The predicted molar refractivity (Wildman–Crippen MR) is 122 cm³/mol. The molecule has 0 aromatic heterocycles. The Labute approximate surface area is 174 Å². The van der Waals surface area contributed by atoms with Gasteiger partial charge in [-0.1, -0.05) is 57.4 Å². The Hall–Kier alpha value is -0.780. The minimum atomic E-state index is 0.754. The molecule has 4 saturated carbocycles. The van der Waals surface area contributed by atoms with E-state index in [1.165, 1.54) is 64.2 Å². The van der Waals surface area contributed by atoms with Gasteiger partial charge in [0.2, 0.25) is 0 Å². The van der Waals surface area contributed by atoms with E-state index in [1.807, 2.05) is 0 Å². The number of aryl methyl sites for hydroxylation is 1. The highest BCUT2D eigenvalue weighted by molar-refractivity contribution is 5.26. The van der Waals surface area contributed by atoms with Crippen LogP contribution in [-0.4, -0.2) is 0 Å². The van der Waals surface area contributed by atoms with Gasteiger partial charge in [0.05, 0.1) is 0 Å². The maximum absolute atomic E-state index is 2.46. The predicted octanol–water partition coefficient (Wildman–Crippen LogP) is 8.83. The summed E-state index contributed by atoms with van der Waals surface area (Å²) < 4.78 is 0. The van der Waals surface area contributed by atoms with E-state index in [9.17, 15) is 0 Å². The van der Waals surface area contributed by atoms with E-state index in [-0.39, 0.29) is 0 Å². The monoisotopic (exact) mass is 380 g/mol. The lowest BCUT2D eigenvalue weighted by atomic mass is 9.47. The third-order valence-corrected chi connectivity index (χ3v) is 9.35. The van der Waals surface area contributed by atoms with E-state index in [0.29, 0.717) is 0 Å². The summed E-state index contributed by atoms with van der Waals surface area (Å²) in [5.41, 5.74) is 4.70. The van der Waals surface area contributed by atoms with Crippen LogP contribution in [0.4, 0.5) is 0 Å². The minimum absolute atomic E-state index is 0.754. The van der Waals surface area contributed by atoms with Gasteiger partial charge in [0.15, 0.2) is 0 Å². The van der Waals surface area contributed by atoms with Crippen molar-refractivity contribution >= 4 is 0 Å². The number of rotatable bonds is 8. The molecule has 0 heteroatoms. The highest BCUT2D eigenvalue weighted by atomic mass is 14.6. The first kappa shape index (κ1) is 20.5. The normalized spacial score (nSPS) is 35.2. The molecule has 0 radical (unpaired) electrons. The third kappa shape index (κ3) is 4.22. The van der Waals surface area contributed by atoms with Crippen molar-refractivity contribution < 1.29 is 0 Å². The zero-order valence-corrected chi connectivity index (χ0v) is 18.8. The molecule has 0 spiro atoms. The Morgan fingerprint density at radius 1 is 0.750 bits per heavy atom. The van der Waals surface area contributed by atoms with Crippen LogP contribution in [0.1, 0.15) is 127 Å². The average molecular weight is 381 g/mol. The summed E-state index contributed by atoms with van der Waals surface area (Å²) in [6.07, 6.45) is 23.5. The van der Waals surface area contributed by atoms with Crippen molar-refractivity contribution in [3.05, 3.63) is 35.4 Å². The summed E-state index contributed by atoms with van der Waals surface area (Å²) in [4.78, 5) is 0. The molecule has 1 aromatic carbocycles. The van der Waals surface area contributed by atoms with Crippen LogP contribution in [-0.2, 0) is 6.42 Å². The van der Waals surface area contributed by atoms with Crippen LogP contribution < -0.4 is 0 Å². The van der Waals surface area contributed by atoms with Crippen LogP contribution in [0.2, 0.25) is 0 Å². The molecule has 4 fully saturated rings. The van der Waals surface area contributed by atoms with Crippen LogP contribution in [0.3, 0.4) is 0 Å². The highest BCUT2D eigenvalue weighted by Gasteiger charge is 2.51. The molecular weight excluding hydrogens is 336 g/mol. The van der Waals surface area contributed by atoms with Crippen molar-refractivity contribution in [1.82, 2.24) is 0 Å². The first-order valence-electron chi connectivity index (χ1n) is 12.8. The Morgan fingerprint density at radius 2 is 1.39 bits per heavy atom. The van der Waals surface area contributed by atoms with Crippen molar-refractivity contribution in [3.8, 4) is 0 Å². The Bertz CT molecular complexity index is 577. The molecule has 0 amide bonds. The van der Waals surface area contributed by atoms with E-state index in [2.05, 4.69) is 38.1 Å². The van der Waals surface area contributed by atoms with Crippen LogP contribution in [0.5, 0.6) is 0 Å². The van der Waals surface area contributed by atoms with E-state index < -0.39 is 0 Å². The van der Waals surface area contributed by atoms with Crippen LogP contribution in [0.15, 0.2) is 24.3 Å². The van der Waals surface area contributed by atoms with E-state index in [0.717, 1.165) is 22.7 Å². The molecule has 2 bridgehead atoms. The topological polar surface area (TPSA) is 0 Å². The Balaban J connectivity index is 1.29. The minimum Gasteiger partial charge on any atom is -0.0654 e. The molecule has 1 aromatic rings. The summed E-state index contributed by atoms with van der Waals surface area (Å²) in [5.74, 6) is 1.88. The quantitative estimate of drug-likeness (QED) is 0.395. The Morgan fingerprint density at radius 3 is 1.96 bits per heavy atom. The van der Waals surface area contributed by atoms with Gasteiger partial charge in [-0.05, 0) is 117 Å². The first-order chi connectivity index (χ1) is 13.7. The number of hydrogen-bond acceptors (Lipinski definition) is 0. The molecule has 0 saturated heterocycles. The molecule has 0 nitrogen and oxygen atoms in total. The molecule has 0 aliphatic heterocycles. The van der Waals surface area contributed by atoms with Crippen molar-refractivity contribution in [2.45, 2.75) is 122 Å². The summed E-state index contributed by atoms with van der Waals surface area (Å²) in [7, 11) is 0. The SMILES string of the molecule is CCCCCc1ccc([C@H]2CC[C@H](C34CCC(CCC)(CC3)CC4)CC2)cc1. The summed E-state index contributed by atoms with van der Waals surface area (Å²) >= 11 is 0. The van der Waals surface area contributed by atoms with Crippen molar-refractivity contribution in [2.75, 3.05) is 0 Å². The molecule has 0 heterocycles. The zero-order chi connectivity index (χ0) is 19.5. The van der Waals surface area contributed by atoms with Gasteiger partial charge in [-0.3, -0.25) is 0 Å². The Kier molecular flexibility index (Phi) is 6.53. The van der Waals surface area contributed by atoms with E-state index >= 15 is 0 Å². The van der Waals surface area contributed by atoms with Crippen LogP contribution in [0, 0.1) is 16.7 Å². The maximum Gasteiger partial charge on any atom is -0.0162 e. The molecule has 0 atom stereocenters. The van der Waals surface area contributed by atoms with Gasteiger partial charge in [0, 0.05) is 0 Å². The number of unbranched alkanes of at least 4 members (excludes halogenated alkanes) is 2. The second kappa shape index (κ2) is 8.93. The number of benzene rings is 1. The van der Waals surface area contributed by atoms with Gasteiger partial charge in [-0.25, -0.2) is 0 Å². The van der Waals surface area contributed by atoms with Gasteiger partial charge in [-0.15, -0.1) is 0 Å². The van der Waals surface area contributed by atoms with Crippen LogP contribution in [0.25, 0.3) is 0 Å². The molecule has 0 N–H and O–H groups in total. The third-order valence-electron chi connectivity index (χ3n) is 9.35. The molecule has 28 heavy (non-hydrogen) atoms. The van der Waals surface area contributed by atoms with Gasteiger partial charge >= 0.3 is 0 Å². The standard InChI is InChI=1S/C28H44/c1-3-5-6-7-23-8-10-24(11-9-23)25-12-14-26(15-13-25)28-20-17-27(16-4-2,18-21-28)19-22-28/h8-11,25-26H,3-7,12-22H2,1-2H3/t25-,26-,27?,28?. The fourth-order valence-corrected chi connectivity index (χ4v) is 7.38. The highest BCUT2D eigenvalue weighted by Crippen LogP contribution is 2.63. The smallest absolute Gasteiger partial charge is 0.0162 e. The number of fused-ring (bicyclic) bond motifs is 3. The molecule has 5 rings (SSSR count). The maximum atomic E-state index is 2.46. The van der Waals surface area contributed by atoms with E-state index in [1.54, 1.807) is 49.7 Å². The van der Waals surface area contributed by atoms with Gasteiger partial charge < -0.3 is 0 Å². The molecule has 156 valence electrons. The molecule has 4 aliphatic rings. The fourth-order valence-electron chi connectivity index (χ4n) is 7.38. The second-order valence-corrected chi connectivity index (χ2v) is 10.9. The van der Waals surface area contributed by atoms with E-state index in [4.69, 9.17) is 0 Å². The van der Waals surface area contributed by atoms with Crippen LogP contribution >= 0.6 is 0 Å². The molecule has 4 aliphatic carbocycles.